The topological polar surface area (TPSA) is 139 Å². The lowest BCUT2D eigenvalue weighted by atomic mass is 10.0. The molecule has 144 valence electrons. The van der Waals surface area contributed by atoms with Crippen LogP contribution in [0.3, 0.4) is 0 Å². The molecule has 0 fully saturated rings. The smallest absolute Gasteiger partial charge is 0.326 e. The number of nitrogens with zero attached hydrogens (tertiary/aromatic N) is 4. The summed E-state index contributed by atoms with van der Waals surface area (Å²) >= 11 is 5.95. The Morgan fingerprint density at radius 3 is 2.63 bits per heavy atom. The van der Waals surface area contributed by atoms with E-state index in [-0.39, 0.29) is 24.4 Å². The number of carbonyl (C=O) groups excluding carboxylic acids is 2. The first-order valence-corrected chi connectivity index (χ1v) is 8.49. The summed E-state index contributed by atoms with van der Waals surface area (Å²) in [6.45, 7) is 3.31. The third-order valence-electron chi connectivity index (χ3n) is 3.55. The number of benzene rings is 1. The van der Waals surface area contributed by atoms with Gasteiger partial charge in [0.25, 0.3) is 5.91 Å². The van der Waals surface area contributed by atoms with Crippen LogP contribution in [0.15, 0.2) is 24.5 Å². The van der Waals surface area contributed by atoms with Gasteiger partial charge in [-0.1, -0.05) is 25.4 Å². The van der Waals surface area contributed by atoms with E-state index in [1.54, 1.807) is 12.1 Å². The van der Waals surface area contributed by atoms with Crippen molar-refractivity contribution in [3.05, 3.63) is 35.1 Å². The molecule has 0 spiro atoms. The summed E-state index contributed by atoms with van der Waals surface area (Å²) in [4.78, 5) is 35.7. The van der Waals surface area contributed by atoms with Crippen LogP contribution >= 0.6 is 11.6 Å². The lowest BCUT2D eigenvalue weighted by Crippen LogP contribution is -2.46. The molecule has 0 saturated carbocycles. The van der Waals surface area contributed by atoms with Crippen molar-refractivity contribution in [2.24, 2.45) is 5.92 Å². The highest BCUT2D eigenvalue weighted by atomic mass is 35.5. The van der Waals surface area contributed by atoms with Crippen molar-refractivity contribution in [1.29, 1.82) is 0 Å². The molecule has 1 aromatic heterocycles. The molecule has 11 heteroatoms. The number of tetrazole rings is 1. The molecule has 1 atom stereocenters. The van der Waals surface area contributed by atoms with Crippen molar-refractivity contribution in [3.63, 3.8) is 0 Å². The van der Waals surface area contributed by atoms with Crippen LogP contribution in [0.1, 0.15) is 30.6 Å². The lowest BCUT2D eigenvalue weighted by Gasteiger charge is -2.17. The Hall–Kier alpha value is -3.01. The normalized spacial score (nSPS) is 11.9. The summed E-state index contributed by atoms with van der Waals surface area (Å²) in [5.41, 5.74) is 0.546. The van der Waals surface area contributed by atoms with E-state index >= 15 is 0 Å². The maximum atomic E-state index is 12.5. The van der Waals surface area contributed by atoms with E-state index < -0.39 is 23.8 Å². The highest BCUT2D eigenvalue weighted by Crippen LogP contribution is 2.18. The van der Waals surface area contributed by atoms with Gasteiger partial charge in [0.15, 0.2) is 0 Å². The van der Waals surface area contributed by atoms with E-state index in [4.69, 9.17) is 16.7 Å². The first-order chi connectivity index (χ1) is 12.8. The van der Waals surface area contributed by atoms with Crippen LogP contribution in [0.4, 0.5) is 0 Å². The van der Waals surface area contributed by atoms with E-state index in [1.807, 2.05) is 13.8 Å². The van der Waals surface area contributed by atoms with Gasteiger partial charge in [0, 0.05) is 5.02 Å². The van der Waals surface area contributed by atoms with Crippen LogP contribution in [0.25, 0.3) is 5.69 Å². The minimum absolute atomic E-state index is 0.0892. The summed E-state index contributed by atoms with van der Waals surface area (Å²) in [7, 11) is 0. The zero-order chi connectivity index (χ0) is 20.0. The third kappa shape index (κ3) is 5.74. The average Bonchev–Trinajstić information content (AvgIpc) is 3.13. The Labute approximate surface area is 159 Å². The minimum atomic E-state index is -1.13. The highest BCUT2D eigenvalue weighted by Gasteiger charge is 2.22. The first kappa shape index (κ1) is 20.3. The Morgan fingerprint density at radius 2 is 2.04 bits per heavy atom. The molecule has 2 aromatic rings. The van der Waals surface area contributed by atoms with Gasteiger partial charge in [0.2, 0.25) is 5.91 Å². The molecule has 0 unspecified atom stereocenters. The largest absolute Gasteiger partial charge is 0.480 e. The van der Waals surface area contributed by atoms with Crippen molar-refractivity contribution in [3.8, 4) is 5.69 Å². The SMILES string of the molecule is CC(C)C[C@H](NC(=O)CNC(=O)c1cc(Cl)ccc1-n1cnnn1)C(=O)O. The number of amides is 2. The Morgan fingerprint density at radius 1 is 1.30 bits per heavy atom. The molecule has 0 aliphatic rings. The molecule has 0 radical (unpaired) electrons. The maximum Gasteiger partial charge on any atom is 0.326 e. The number of aliphatic carboxylic acids is 1. The van der Waals surface area contributed by atoms with Crippen molar-refractivity contribution in [2.45, 2.75) is 26.3 Å². The molecule has 2 rings (SSSR count). The van der Waals surface area contributed by atoms with E-state index in [0.29, 0.717) is 10.7 Å². The fourth-order valence-electron chi connectivity index (χ4n) is 2.36. The second kappa shape index (κ2) is 9.08. The summed E-state index contributed by atoms with van der Waals surface area (Å²) < 4.78 is 1.29. The van der Waals surface area contributed by atoms with Gasteiger partial charge in [0.05, 0.1) is 17.8 Å². The standard InChI is InChI=1S/C16H19ClN6O4/c1-9(2)5-12(16(26)27)20-14(24)7-18-15(25)11-6-10(17)3-4-13(11)23-8-19-21-22-23/h3-4,6,8-9,12H,5,7H2,1-2H3,(H,18,25)(H,20,24)(H,26,27)/t12-/m0/s1. The van der Waals surface area contributed by atoms with Gasteiger partial charge in [-0.05, 0) is 41.0 Å². The Kier molecular flexibility index (Phi) is 6.83. The average molecular weight is 395 g/mol. The lowest BCUT2D eigenvalue weighted by molar-refractivity contribution is -0.142. The molecular formula is C16H19ClN6O4. The number of hydrogen-bond acceptors (Lipinski definition) is 6. The van der Waals surface area contributed by atoms with Crippen LogP contribution in [-0.4, -0.2) is 55.7 Å². The van der Waals surface area contributed by atoms with Crippen molar-refractivity contribution < 1.29 is 19.5 Å². The van der Waals surface area contributed by atoms with E-state index in [9.17, 15) is 14.4 Å². The van der Waals surface area contributed by atoms with Crippen molar-refractivity contribution in [1.82, 2.24) is 30.8 Å². The molecule has 27 heavy (non-hydrogen) atoms. The Bertz CT molecular complexity index is 824. The number of carbonyl (C=O) groups is 3. The second-order valence-corrected chi connectivity index (χ2v) is 6.62. The van der Waals surface area contributed by atoms with Crippen LogP contribution in [-0.2, 0) is 9.59 Å². The minimum Gasteiger partial charge on any atom is -0.480 e. The highest BCUT2D eigenvalue weighted by molar-refractivity contribution is 6.31. The molecule has 1 aromatic carbocycles. The zero-order valence-electron chi connectivity index (χ0n) is 14.7. The van der Waals surface area contributed by atoms with Crippen LogP contribution in [0, 0.1) is 5.92 Å². The number of hydrogen-bond donors (Lipinski definition) is 3. The van der Waals surface area contributed by atoms with Gasteiger partial charge < -0.3 is 15.7 Å². The predicted molar refractivity (Wildman–Crippen MR) is 95.5 cm³/mol. The van der Waals surface area contributed by atoms with Gasteiger partial charge in [-0.3, -0.25) is 9.59 Å². The number of halogens is 1. The van der Waals surface area contributed by atoms with Crippen LogP contribution in [0.5, 0.6) is 0 Å². The van der Waals surface area contributed by atoms with E-state index in [0.717, 1.165) is 0 Å². The van der Waals surface area contributed by atoms with Crippen molar-refractivity contribution in [2.75, 3.05) is 6.54 Å². The molecule has 0 aliphatic carbocycles. The molecule has 3 N–H and O–H groups in total. The molecule has 0 aliphatic heterocycles. The molecule has 0 saturated heterocycles. The van der Waals surface area contributed by atoms with Crippen LogP contribution < -0.4 is 10.6 Å². The monoisotopic (exact) mass is 394 g/mol. The maximum absolute atomic E-state index is 12.5. The molecule has 10 nitrogen and oxygen atoms in total. The van der Waals surface area contributed by atoms with Gasteiger partial charge in [0.1, 0.15) is 12.4 Å². The molecule has 2 amide bonds. The zero-order valence-corrected chi connectivity index (χ0v) is 15.5. The van der Waals surface area contributed by atoms with E-state index in [1.165, 1.54) is 17.1 Å². The molecule has 0 bridgehead atoms. The summed E-state index contributed by atoms with van der Waals surface area (Å²) in [5.74, 6) is -2.22. The number of aromatic nitrogens is 4. The number of rotatable bonds is 8. The predicted octanol–water partition coefficient (Wildman–Crippen LogP) is 0.661. The van der Waals surface area contributed by atoms with E-state index in [2.05, 4.69) is 26.2 Å². The quantitative estimate of drug-likeness (QED) is 0.597. The van der Waals surface area contributed by atoms with Crippen LogP contribution in [0.2, 0.25) is 5.02 Å². The first-order valence-electron chi connectivity index (χ1n) is 8.11. The Balaban J connectivity index is 2.04. The van der Waals surface area contributed by atoms with Gasteiger partial charge in [-0.25, -0.2) is 4.79 Å². The number of carboxylic acids is 1. The summed E-state index contributed by atoms with van der Waals surface area (Å²) in [6, 6.07) is 3.55. The molecule has 1 heterocycles. The summed E-state index contributed by atoms with van der Waals surface area (Å²) in [5, 5.41) is 25.1. The van der Waals surface area contributed by atoms with Gasteiger partial charge in [-0.15, -0.1) is 5.10 Å². The third-order valence-corrected chi connectivity index (χ3v) is 3.78. The van der Waals surface area contributed by atoms with Gasteiger partial charge in [-0.2, -0.15) is 4.68 Å². The number of carboxylic acid groups (broad SMARTS) is 1. The summed E-state index contributed by atoms with van der Waals surface area (Å²) in [6.07, 6.45) is 1.60. The van der Waals surface area contributed by atoms with Crippen molar-refractivity contribution >= 4 is 29.4 Å². The molecular weight excluding hydrogens is 376 g/mol. The van der Waals surface area contributed by atoms with Gasteiger partial charge >= 0.3 is 5.97 Å². The second-order valence-electron chi connectivity index (χ2n) is 6.19. The fraction of sp³-hybridized carbons (Fsp3) is 0.375. The number of nitrogens with one attached hydrogen (secondary N) is 2. The fourth-order valence-corrected chi connectivity index (χ4v) is 2.53.